The van der Waals surface area contributed by atoms with Crippen LogP contribution in [0.3, 0.4) is 0 Å². The molecular formula is C36H43ClN6O8S. The number of carbonyl (C=O) groups is 3. The average molecular weight is 755 g/mol. The summed E-state index contributed by atoms with van der Waals surface area (Å²) in [7, 11) is -0.884. The van der Waals surface area contributed by atoms with Gasteiger partial charge in [0.25, 0.3) is 5.91 Å². The molecule has 2 aliphatic carbocycles. The highest BCUT2D eigenvalue weighted by Gasteiger charge is 2.67. The molecular weight excluding hydrogens is 712 g/mol. The third-order valence-corrected chi connectivity index (χ3v) is 11.9. The van der Waals surface area contributed by atoms with Crippen LogP contribution in [0.1, 0.15) is 46.5 Å². The number of pyridine rings is 2. The number of likely N-dealkylation sites (tertiary alicyclic amines) is 1. The SMILES string of the molecule is C=C[C@@H]1C[C@@]1(C(=O)NS(=O)(=O)C1CC1)N1C[C@H](Oc2ncc(OC)c3ccc(Cl)cc23)C[C@H]1C(=O)NC(=O)[C@@H](Nc1ccc(OC)nc1)C(C)(C)C. The van der Waals surface area contributed by atoms with E-state index in [1.54, 1.807) is 41.3 Å². The fourth-order valence-electron chi connectivity index (χ4n) is 6.81. The van der Waals surface area contributed by atoms with Gasteiger partial charge in [-0.1, -0.05) is 38.4 Å². The Balaban J connectivity index is 1.31. The lowest BCUT2D eigenvalue weighted by Gasteiger charge is -2.34. The summed E-state index contributed by atoms with van der Waals surface area (Å²) in [5.41, 5.74) is -1.53. The van der Waals surface area contributed by atoms with Gasteiger partial charge in [0.2, 0.25) is 33.6 Å². The Labute approximate surface area is 307 Å². The number of sulfonamides is 1. The number of halogens is 1. The van der Waals surface area contributed by atoms with Crippen LogP contribution in [0.15, 0.2) is 55.4 Å². The van der Waals surface area contributed by atoms with E-state index in [4.69, 9.17) is 25.8 Å². The number of imide groups is 1. The molecule has 14 nitrogen and oxygen atoms in total. The summed E-state index contributed by atoms with van der Waals surface area (Å²) < 4.78 is 45.2. The first-order chi connectivity index (χ1) is 24.6. The van der Waals surface area contributed by atoms with Gasteiger partial charge in [-0.05, 0) is 48.9 Å². The normalized spacial score (nSPS) is 23.7. The number of nitrogens with zero attached hydrogens (tertiary/aromatic N) is 3. The van der Waals surface area contributed by atoms with Crippen molar-refractivity contribution in [2.75, 3.05) is 26.1 Å². The van der Waals surface area contributed by atoms with E-state index in [-0.39, 0.29) is 25.3 Å². The number of hydrogen-bond donors (Lipinski definition) is 3. The summed E-state index contributed by atoms with van der Waals surface area (Å²) >= 11 is 6.34. The number of fused-ring (bicyclic) bond motifs is 1. The van der Waals surface area contributed by atoms with Crippen molar-refractivity contribution in [2.24, 2.45) is 11.3 Å². The van der Waals surface area contributed by atoms with Crippen molar-refractivity contribution in [1.29, 1.82) is 0 Å². The van der Waals surface area contributed by atoms with Crippen molar-refractivity contribution in [3.8, 4) is 17.5 Å². The molecule has 16 heteroatoms. The fraction of sp³-hybridized carbons (Fsp3) is 0.472. The topological polar surface area (TPSA) is 178 Å². The molecule has 2 saturated carbocycles. The highest BCUT2D eigenvalue weighted by Crippen LogP contribution is 2.53. The molecule has 0 spiro atoms. The minimum atomic E-state index is -3.91. The molecule has 1 saturated heterocycles. The summed E-state index contributed by atoms with van der Waals surface area (Å²) in [6.45, 7) is 9.49. The summed E-state index contributed by atoms with van der Waals surface area (Å²) in [6.07, 6.45) is 5.14. The van der Waals surface area contributed by atoms with Crippen LogP contribution in [0.25, 0.3) is 10.8 Å². The van der Waals surface area contributed by atoms with Crippen molar-refractivity contribution < 1.29 is 37.0 Å². The summed E-state index contributed by atoms with van der Waals surface area (Å²) in [5, 5.41) is 6.84. The second-order valence-electron chi connectivity index (χ2n) is 14.5. The molecule has 6 rings (SSSR count). The molecule has 3 fully saturated rings. The first-order valence-corrected chi connectivity index (χ1v) is 18.9. The van der Waals surface area contributed by atoms with E-state index in [1.165, 1.54) is 26.6 Å². The van der Waals surface area contributed by atoms with Crippen molar-refractivity contribution in [3.05, 3.63) is 60.4 Å². The Kier molecular flexibility index (Phi) is 10.2. The van der Waals surface area contributed by atoms with Crippen molar-refractivity contribution in [3.63, 3.8) is 0 Å². The lowest BCUT2D eigenvalue weighted by atomic mass is 9.86. The number of benzene rings is 1. The van der Waals surface area contributed by atoms with E-state index in [1.807, 2.05) is 20.8 Å². The fourth-order valence-corrected chi connectivity index (χ4v) is 8.34. The smallest absolute Gasteiger partial charge is 0.254 e. The van der Waals surface area contributed by atoms with Crippen molar-refractivity contribution >= 4 is 55.8 Å². The first-order valence-electron chi connectivity index (χ1n) is 17.0. The van der Waals surface area contributed by atoms with Gasteiger partial charge < -0.3 is 19.5 Å². The summed E-state index contributed by atoms with van der Waals surface area (Å²) in [4.78, 5) is 52.4. The van der Waals surface area contributed by atoms with Crippen LogP contribution in [-0.2, 0) is 24.4 Å². The van der Waals surface area contributed by atoms with Gasteiger partial charge in [-0.15, -0.1) is 6.58 Å². The van der Waals surface area contributed by atoms with E-state index >= 15 is 0 Å². The first kappa shape index (κ1) is 37.3. The van der Waals surface area contributed by atoms with Crippen LogP contribution < -0.4 is 29.6 Å². The molecule has 1 aromatic carbocycles. The van der Waals surface area contributed by atoms with Crippen molar-refractivity contribution in [1.82, 2.24) is 24.9 Å². The van der Waals surface area contributed by atoms with Gasteiger partial charge in [-0.25, -0.2) is 18.4 Å². The maximum absolute atomic E-state index is 14.3. The predicted molar refractivity (Wildman–Crippen MR) is 195 cm³/mol. The Morgan fingerprint density at radius 2 is 1.83 bits per heavy atom. The molecule has 3 heterocycles. The molecule has 2 aromatic heterocycles. The molecule has 52 heavy (non-hydrogen) atoms. The Morgan fingerprint density at radius 3 is 2.42 bits per heavy atom. The second kappa shape index (κ2) is 14.2. The quantitative estimate of drug-likeness (QED) is 0.215. The van der Waals surface area contributed by atoms with Gasteiger partial charge in [0.1, 0.15) is 23.4 Å². The number of rotatable bonds is 13. The number of carbonyl (C=O) groups excluding carboxylic acids is 3. The number of methoxy groups -OCH3 is 2. The zero-order chi connectivity index (χ0) is 37.6. The minimum Gasteiger partial charge on any atom is -0.494 e. The highest BCUT2D eigenvalue weighted by molar-refractivity contribution is 7.91. The minimum absolute atomic E-state index is 0.0434. The summed E-state index contributed by atoms with van der Waals surface area (Å²) in [6, 6.07) is 6.62. The van der Waals surface area contributed by atoms with Crippen LogP contribution in [0.5, 0.6) is 17.5 Å². The lowest BCUT2D eigenvalue weighted by Crippen LogP contribution is -2.59. The number of ether oxygens (including phenoxy) is 3. The van der Waals surface area contributed by atoms with Gasteiger partial charge in [-0.2, -0.15) is 0 Å². The second-order valence-corrected chi connectivity index (χ2v) is 16.9. The van der Waals surface area contributed by atoms with E-state index < -0.39 is 68.1 Å². The molecule has 5 atom stereocenters. The molecule has 3 amide bonds. The molecule has 0 radical (unpaired) electrons. The lowest BCUT2D eigenvalue weighted by molar-refractivity contribution is -0.136. The van der Waals surface area contributed by atoms with E-state index in [2.05, 4.69) is 31.9 Å². The Bertz CT molecular complexity index is 2000. The van der Waals surface area contributed by atoms with Gasteiger partial charge in [0, 0.05) is 40.7 Å². The number of aromatic nitrogens is 2. The Hall–Kier alpha value is -4.47. The highest BCUT2D eigenvalue weighted by atomic mass is 35.5. The molecule has 1 aliphatic heterocycles. The van der Waals surface area contributed by atoms with E-state index in [9.17, 15) is 22.8 Å². The van der Waals surface area contributed by atoms with Gasteiger partial charge in [-0.3, -0.25) is 29.3 Å². The molecule has 278 valence electrons. The Morgan fingerprint density at radius 1 is 1.08 bits per heavy atom. The van der Waals surface area contributed by atoms with Gasteiger partial charge in [0.15, 0.2) is 0 Å². The molecule has 3 aromatic rings. The van der Waals surface area contributed by atoms with E-state index in [0.29, 0.717) is 46.0 Å². The van der Waals surface area contributed by atoms with Gasteiger partial charge >= 0.3 is 0 Å². The average Bonchev–Trinajstić information content (AvgIpc) is 4.03. The maximum Gasteiger partial charge on any atom is 0.254 e. The summed E-state index contributed by atoms with van der Waals surface area (Å²) in [5.74, 6) is -1.32. The molecule has 3 N–H and O–H groups in total. The van der Waals surface area contributed by atoms with Gasteiger partial charge in [0.05, 0.1) is 43.6 Å². The number of nitrogens with one attached hydrogen (secondary N) is 3. The van der Waals surface area contributed by atoms with Crippen LogP contribution in [0.2, 0.25) is 5.02 Å². The van der Waals surface area contributed by atoms with Crippen LogP contribution in [0.4, 0.5) is 5.69 Å². The van der Waals surface area contributed by atoms with Crippen LogP contribution in [0, 0.1) is 11.3 Å². The zero-order valence-corrected chi connectivity index (χ0v) is 31.2. The number of hydrogen-bond acceptors (Lipinski definition) is 12. The predicted octanol–water partition coefficient (Wildman–Crippen LogP) is 3.84. The number of anilines is 1. The maximum atomic E-state index is 14.3. The van der Waals surface area contributed by atoms with Crippen molar-refractivity contribution in [2.45, 2.75) is 75.4 Å². The van der Waals surface area contributed by atoms with Crippen LogP contribution in [-0.4, -0.2) is 90.7 Å². The largest absolute Gasteiger partial charge is 0.494 e. The third kappa shape index (κ3) is 7.39. The third-order valence-electron chi connectivity index (χ3n) is 9.84. The monoisotopic (exact) mass is 754 g/mol. The molecule has 0 bridgehead atoms. The zero-order valence-electron chi connectivity index (χ0n) is 29.6. The molecule has 0 unspecified atom stereocenters. The van der Waals surface area contributed by atoms with Crippen LogP contribution >= 0.6 is 11.6 Å². The standard InChI is InChI=1S/C36H43ClN6O8S/c1-7-20-16-36(20,34(46)42-52(47,48)24-10-11-24)43-19-23(51-33-26-14-21(37)8-12-25(26)28(49-5)18-39-33)15-27(43)31(44)41-32(45)30(35(2,3)4)40-22-9-13-29(50-6)38-17-22/h7-9,12-14,17-18,20,23-24,27,30,40H,1,10-11,15-16,19H2,2-6H3,(H,42,46)(H,41,44,45)/t20-,23-,27+,30-,36-/m1/s1. The molecule has 3 aliphatic rings. The number of amides is 3. The van der Waals surface area contributed by atoms with E-state index in [0.717, 1.165) is 0 Å².